The van der Waals surface area contributed by atoms with Crippen LogP contribution in [-0.4, -0.2) is 24.0 Å². The van der Waals surface area contributed by atoms with Crippen molar-refractivity contribution >= 4 is 28.3 Å². The molecular formula is C15H19FN4S. The molecular weight excluding hydrogens is 287 g/mol. The summed E-state index contributed by atoms with van der Waals surface area (Å²) < 4.78 is 14.3. The Morgan fingerprint density at radius 3 is 2.95 bits per heavy atom. The van der Waals surface area contributed by atoms with E-state index in [1.807, 2.05) is 12.4 Å². The van der Waals surface area contributed by atoms with Crippen LogP contribution in [0.15, 0.2) is 23.2 Å². The first kappa shape index (κ1) is 15.6. The molecule has 21 heavy (non-hydrogen) atoms. The Morgan fingerprint density at radius 1 is 1.52 bits per heavy atom. The highest BCUT2D eigenvalue weighted by Gasteiger charge is 2.21. The van der Waals surface area contributed by atoms with Gasteiger partial charge in [-0.25, -0.2) is 9.38 Å². The Balaban J connectivity index is 2.23. The van der Waals surface area contributed by atoms with Crippen LogP contribution < -0.4 is 10.2 Å². The van der Waals surface area contributed by atoms with E-state index in [9.17, 15) is 4.39 Å². The number of nitrogens with one attached hydrogen (secondary N) is 1. The third-order valence-electron chi connectivity index (χ3n) is 3.63. The molecule has 0 saturated carbocycles. The van der Waals surface area contributed by atoms with E-state index in [-0.39, 0.29) is 5.82 Å². The normalized spacial score (nSPS) is 19.2. The number of hydrogen-bond acceptors (Lipinski definition) is 4. The Hall–Kier alpha value is -1.74. The summed E-state index contributed by atoms with van der Waals surface area (Å²) in [5.74, 6) is -0.262. The number of nitrogens with zero attached hydrogens (tertiary/aromatic N) is 3. The lowest BCUT2D eigenvalue weighted by Crippen LogP contribution is -2.37. The summed E-state index contributed by atoms with van der Waals surface area (Å²) in [6, 6.07) is 5.35. The van der Waals surface area contributed by atoms with Gasteiger partial charge in [-0.15, -0.1) is 0 Å². The Morgan fingerprint density at radius 2 is 2.33 bits per heavy atom. The summed E-state index contributed by atoms with van der Waals surface area (Å²) in [4.78, 5) is 6.34. The molecule has 6 heteroatoms. The third kappa shape index (κ3) is 3.88. The number of amidine groups is 1. The van der Waals surface area contributed by atoms with Crippen LogP contribution in [0.4, 0.5) is 15.8 Å². The molecule has 1 aliphatic heterocycles. The quantitative estimate of drug-likeness (QED) is 0.392. The number of piperidine rings is 1. The van der Waals surface area contributed by atoms with E-state index >= 15 is 0 Å². The number of hydrogen-bond donors (Lipinski definition) is 1. The average Bonchev–Trinajstić information content (AvgIpc) is 2.48. The lowest BCUT2D eigenvalue weighted by molar-refractivity contribution is 0.476. The summed E-state index contributed by atoms with van der Waals surface area (Å²) in [5, 5.41) is 11.5. The number of nitriles is 1. The standard InChI is InChI=1S/C15H19FN4S/c1-11-5-3-4-8-20(11)14-7-6-12(9-13(14)16)19-15(21-2)18-10-17/h6-7,9,11H,3-5,8H2,1-2H3,(H,18,19). The molecule has 2 rings (SSSR count). The van der Waals surface area contributed by atoms with Gasteiger partial charge in [0.1, 0.15) is 5.82 Å². The van der Waals surface area contributed by atoms with Crippen LogP contribution in [0.1, 0.15) is 26.2 Å². The smallest absolute Gasteiger partial charge is 0.183 e. The van der Waals surface area contributed by atoms with Crippen LogP contribution in [0, 0.1) is 17.3 Å². The Bertz CT molecular complexity index is 567. The highest BCUT2D eigenvalue weighted by atomic mass is 32.2. The van der Waals surface area contributed by atoms with Gasteiger partial charge in [-0.05, 0) is 44.6 Å². The van der Waals surface area contributed by atoms with Crippen molar-refractivity contribution in [1.82, 2.24) is 5.32 Å². The molecule has 1 N–H and O–H groups in total. The topological polar surface area (TPSA) is 51.4 Å². The number of thioether (sulfide) groups is 1. The van der Waals surface area contributed by atoms with Gasteiger partial charge in [0.25, 0.3) is 0 Å². The number of benzene rings is 1. The van der Waals surface area contributed by atoms with Crippen molar-refractivity contribution in [2.45, 2.75) is 32.2 Å². The molecule has 4 nitrogen and oxygen atoms in total. The van der Waals surface area contributed by atoms with E-state index in [2.05, 4.69) is 22.1 Å². The number of rotatable bonds is 2. The predicted molar refractivity (Wildman–Crippen MR) is 86.4 cm³/mol. The third-order valence-corrected chi connectivity index (χ3v) is 4.21. The summed E-state index contributed by atoms with van der Waals surface area (Å²) in [6.45, 7) is 3.03. The van der Waals surface area contributed by atoms with Crippen LogP contribution in [0.5, 0.6) is 0 Å². The minimum atomic E-state index is -0.262. The van der Waals surface area contributed by atoms with Gasteiger partial charge in [0, 0.05) is 18.7 Å². The number of halogens is 1. The second kappa shape index (κ2) is 7.32. The van der Waals surface area contributed by atoms with Gasteiger partial charge in [-0.3, -0.25) is 5.32 Å². The monoisotopic (exact) mass is 306 g/mol. The fraction of sp³-hybridized carbons (Fsp3) is 0.467. The maximum absolute atomic E-state index is 14.3. The van der Waals surface area contributed by atoms with E-state index < -0.39 is 0 Å². The maximum Gasteiger partial charge on any atom is 0.183 e. The second-order valence-corrected chi connectivity index (χ2v) is 5.83. The highest BCUT2D eigenvalue weighted by molar-refractivity contribution is 8.13. The number of anilines is 1. The van der Waals surface area contributed by atoms with Crippen molar-refractivity contribution in [1.29, 1.82) is 5.26 Å². The average molecular weight is 306 g/mol. The zero-order chi connectivity index (χ0) is 15.2. The summed E-state index contributed by atoms with van der Waals surface area (Å²) in [7, 11) is 0. The molecule has 0 radical (unpaired) electrons. The Kier molecular flexibility index (Phi) is 5.45. The van der Waals surface area contributed by atoms with Crippen molar-refractivity contribution < 1.29 is 4.39 Å². The molecule has 1 atom stereocenters. The fourth-order valence-corrected chi connectivity index (χ4v) is 2.89. The zero-order valence-electron chi connectivity index (χ0n) is 12.3. The van der Waals surface area contributed by atoms with Crippen molar-refractivity contribution in [3.05, 3.63) is 24.0 Å². The van der Waals surface area contributed by atoms with Gasteiger partial charge >= 0.3 is 0 Å². The van der Waals surface area contributed by atoms with E-state index in [4.69, 9.17) is 5.26 Å². The highest BCUT2D eigenvalue weighted by Crippen LogP contribution is 2.29. The van der Waals surface area contributed by atoms with E-state index in [1.54, 1.807) is 12.1 Å². The van der Waals surface area contributed by atoms with Crippen LogP contribution in [0.25, 0.3) is 0 Å². The molecule has 0 spiro atoms. The lowest BCUT2D eigenvalue weighted by Gasteiger charge is -2.35. The first-order valence-corrected chi connectivity index (χ1v) is 8.22. The molecule has 0 bridgehead atoms. The van der Waals surface area contributed by atoms with Gasteiger partial charge in [-0.1, -0.05) is 11.8 Å². The van der Waals surface area contributed by atoms with E-state index in [0.717, 1.165) is 19.4 Å². The molecule has 1 unspecified atom stereocenters. The van der Waals surface area contributed by atoms with Crippen LogP contribution in [-0.2, 0) is 0 Å². The molecule has 0 amide bonds. The van der Waals surface area contributed by atoms with Crippen molar-refractivity contribution in [2.75, 3.05) is 17.7 Å². The largest absolute Gasteiger partial charge is 0.366 e. The van der Waals surface area contributed by atoms with Crippen LogP contribution >= 0.6 is 11.8 Å². The van der Waals surface area contributed by atoms with E-state index in [0.29, 0.717) is 22.6 Å². The molecule has 1 aliphatic rings. The summed E-state index contributed by atoms with van der Waals surface area (Å²) in [5.41, 5.74) is 1.15. The predicted octanol–water partition coefficient (Wildman–Crippen LogP) is 3.63. The van der Waals surface area contributed by atoms with Crippen molar-refractivity contribution in [3.63, 3.8) is 0 Å². The summed E-state index contributed by atoms with van der Waals surface area (Å²) in [6.07, 6.45) is 7.04. The number of aliphatic imine (C=N–C) groups is 1. The van der Waals surface area contributed by atoms with Crippen LogP contribution in [0.2, 0.25) is 0 Å². The lowest BCUT2D eigenvalue weighted by atomic mass is 10.0. The molecule has 112 valence electrons. The molecule has 1 aromatic carbocycles. The minimum absolute atomic E-state index is 0.262. The molecule has 1 saturated heterocycles. The second-order valence-electron chi connectivity index (χ2n) is 5.03. The molecule has 0 aromatic heterocycles. The summed E-state index contributed by atoms with van der Waals surface area (Å²) >= 11 is 1.31. The van der Waals surface area contributed by atoms with Gasteiger partial charge in [0.15, 0.2) is 11.4 Å². The van der Waals surface area contributed by atoms with E-state index in [1.165, 1.54) is 24.2 Å². The van der Waals surface area contributed by atoms with Crippen molar-refractivity contribution in [2.24, 2.45) is 4.99 Å². The van der Waals surface area contributed by atoms with Gasteiger partial charge in [0.2, 0.25) is 0 Å². The first-order chi connectivity index (χ1) is 10.2. The zero-order valence-corrected chi connectivity index (χ0v) is 13.1. The molecule has 1 heterocycles. The van der Waals surface area contributed by atoms with Gasteiger partial charge in [-0.2, -0.15) is 5.26 Å². The molecule has 1 aromatic rings. The molecule has 1 fully saturated rings. The SMILES string of the molecule is CSC(=Nc1ccc(N2CCCCC2C)c(F)c1)NC#N. The van der Waals surface area contributed by atoms with Crippen molar-refractivity contribution in [3.8, 4) is 6.19 Å². The minimum Gasteiger partial charge on any atom is -0.366 e. The maximum atomic E-state index is 14.3. The van der Waals surface area contributed by atoms with Crippen LogP contribution in [0.3, 0.4) is 0 Å². The van der Waals surface area contributed by atoms with Gasteiger partial charge in [0.05, 0.1) is 11.4 Å². The first-order valence-electron chi connectivity index (χ1n) is 6.99. The fourth-order valence-electron chi connectivity index (χ4n) is 2.54. The Labute approximate surface area is 129 Å². The molecule has 0 aliphatic carbocycles. The van der Waals surface area contributed by atoms with Gasteiger partial charge < -0.3 is 4.90 Å².